The molecule has 5 nitrogen and oxygen atoms in total. The van der Waals surface area contributed by atoms with E-state index in [9.17, 15) is 9.18 Å². The van der Waals surface area contributed by atoms with Crippen molar-refractivity contribution in [1.29, 1.82) is 0 Å². The minimum absolute atomic E-state index is 0.0480. The van der Waals surface area contributed by atoms with Crippen LogP contribution in [0, 0.1) is 5.82 Å². The second-order valence-corrected chi connectivity index (χ2v) is 6.21. The molecule has 2 heterocycles. The van der Waals surface area contributed by atoms with Crippen LogP contribution in [-0.2, 0) is 4.79 Å². The van der Waals surface area contributed by atoms with Gasteiger partial charge in [-0.3, -0.25) is 4.79 Å². The van der Waals surface area contributed by atoms with Crippen molar-refractivity contribution in [3.63, 3.8) is 0 Å². The Hall–Kier alpha value is -2.15. The Bertz CT molecular complexity index is 640. The maximum atomic E-state index is 12.9. The van der Waals surface area contributed by atoms with Crippen molar-refractivity contribution in [1.82, 2.24) is 9.88 Å². The van der Waals surface area contributed by atoms with Crippen LogP contribution in [0.3, 0.4) is 0 Å². The van der Waals surface area contributed by atoms with Gasteiger partial charge in [0.25, 0.3) is 5.91 Å². The molecule has 0 unspecified atom stereocenters. The Morgan fingerprint density at radius 1 is 1.26 bits per heavy atom. The Morgan fingerprint density at radius 2 is 1.96 bits per heavy atom. The van der Waals surface area contributed by atoms with Crippen LogP contribution in [0.1, 0.15) is 6.92 Å². The van der Waals surface area contributed by atoms with Crippen molar-refractivity contribution in [3.05, 3.63) is 41.7 Å². The van der Waals surface area contributed by atoms with Gasteiger partial charge in [-0.1, -0.05) is 0 Å². The molecule has 23 heavy (non-hydrogen) atoms. The summed E-state index contributed by atoms with van der Waals surface area (Å²) in [5.41, 5.74) is 0. The van der Waals surface area contributed by atoms with Crippen molar-refractivity contribution in [2.75, 3.05) is 31.1 Å². The van der Waals surface area contributed by atoms with Crippen LogP contribution in [-0.4, -0.2) is 48.1 Å². The number of amides is 1. The van der Waals surface area contributed by atoms with Crippen molar-refractivity contribution in [3.8, 4) is 5.75 Å². The van der Waals surface area contributed by atoms with E-state index in [4.69, 9.17) is 4.74 Å². The van der Waals surface area contributed by atoms with Gasteiger partial charge in [-0.05, 0) is 31.2 Å². The molecule has 1 saturated heterocycles. The molecule has 0 N–H and O–H groups in total. The van der Waals surface area contributed by atoms with Gasteiger partial charge in [-0.15, -0.1) is 11.3 Å². The van der Waals surface area contributed by atoms with Crippen molar-refractivity contribution >= 4 is 22.4 Å². The van der Waals surface area contributed by atoms with E-state index in [0.29, 0.717) is 18.8 Å². The van der Waals surface area contributed by atoms with Crippen LogP contribution in [0.2, 0.25) is 0 Å². The number of piperazine rings is 1. The molecule has 1 aliphatic rings. The molecular weight excluding hydrogens is 317 g/mol. The highest BCUT2D eigenvalue weighted by Crippen LogP contribution is 2.20. The first-order valence-corrected chi connectivity index (χ1v) is 8.37. The van der Waals surface area contributed by atoms with Crippen LogP contribution in [0.4, 0.5) is 9.52 Å². The summed E-state index contributed by atoms with van der Waals surface area (Å²) < 4.78 is 18.5. The molecule has 0 saturated carbocycles. The largest absolute Gasteiger partial charge is 0.481 e. The van der Waals surface area contributed by atoms with E-state index < -0.39 is 6.10 Å². The molecular formula is C16H18FN3O2S. The average molecular weight is 335 g/mol. The summed E-state index contributed by atoms with van der Waals surface area (Å²) in [4.78, 5) is 20.7. The lowest BCUT2D eigenvalue weighted by atomic mass is 10.2. The molecule has 1 aliphatic heterocycles. The molecule has 1 amide bonds. The summed E-state index contributed by atoms with van der Waals surface area (Å²) in [6, 6.07) is 5.69. The zero-order valence-electron chi connectivity index (χ0n) is 12.8. The van der Waals surface area contributed by atoms with E-state index in [1.807, 2.05) is 5.38 Å². The number of anilines is 1. The minimum atomic E-state index is -0.591. The Labute approximate surface area is 138 Å². The van der Waals surface area contributed by atoms with Crippen LogP contribution >= 0.6 is 11.3 Å². The molecule has 3 rings (SSSR count). The maximum Gasteiger partial charge on any atom is 0.263 e. The molecule has 7 heteroatoms. The summed E-state index contributed by atoms with van der Waals surface area (Å²) in [7, 11) is 0. The van der Waals surface area contributed by atoms with E-state index in [1.165, 1.54) is 24.3 Å². The third-order valence-electron chi connectivity index (χ3n) is 3.76. The van der Waals surface area contributed by atoms with Crippen LogP contribution in [0.25, 0.3) is 0 Å². The van der Waals surface area contributed by atoms with Crippen LogP contribution in [0.15, 0.2) is 35.8 Å². The van der Waals surface area contributed by atoms with Crippen molar-refractivity contribution < 1.29 is 13.9 Å². The first-order valence-electron chi connectivity index (χ1n) is 7.49. The lowest BCUT2D eigenvalue weighted by Crippen LogP contribution is -2.52. The minimum Gasteiger partial charge on any atom is -0.481 e. The summed E-state index contributed by atoms with van der Waals surface area (Å²) in [6.07, 6.45) is 1.20. The quantitative estimate of drug-likeness (QED) is 0.861. The SMILES string of the molecule is C[C@H](Oc1ccc(F)cc1)C(=O)N1CCN(c2nccs2)CC1. The standard InChI is InChI=1S/C16H18FN3O2S/c1-12(22-14-4-2-13(17)3-5-14)15(21)19-7-9-20(10-8-19)16-18-6-11-23-16/h2-6,11-12H,7-10H2,1H3/t12-/m0/s1. The third-order valence-corrected chi connectivity index (χ3v) is 4.59. The number of nitrogens with zero attached hydrogens (tertiary/aromatic N) is 3. The molecule has 0 radical (unpaired) electrons. The lowest BCUT2D eigenvalue weighted by Gasteiger charge is -2.35. The molecule has 0 spiro atoms. The highest BCUT2D eigenvalue weighted by molar-refractivity contribution is 7.13. The first-order chi connectivity index (χ1) is 11.1. The van der Waals surface area contributed by atoms with Gasteiger partial charge in [-0.2, -0.15) is 0 Å². The zero-order chi connectivity index (χ0) is 16.2. The second kappa shape index (κ2) is 6.95. The number of rotatable bonds is 4. The Balaban J connectivity index is 1.53. The van der Waals surface area contributed by atoms with Crippen molar-refractivity contribution in [2.45, 2.75) is 13.0 Å². The maximum absolute atomic E-state index is 12.9. The first kappa shape index (κ1) is 15.7. The summed E-state index contributed by atoms with van der Waals surface area (Å²) in [5.74, 6) is 0.122. The highest BCUT2D eigenvalue weighted by atomic mass is 32.1. The van der Waals surface area contributed by atoms with Crippen molar-refractivity contribution in [2.24, 2.45) is 0 Å². The number of hydrogen-bond donors (Lipinski definition) is 0. The number of halogens is 1. The number of aromatic nitrogens is 1. The molecule has 1 aromatic heterocycles. The highest BCUT2D eigenvalue weighted by Gasteiger charge is 2.26. The van der Waals surface area contributed by atoms with Gasteiger partial charge >= 0.3 is 0 Å². The summed E-state index contributed by atoms with van der Waals surface area (Å²) in [6.45, 7) is 4.55. The summed E-state index contributed by atoms with van der Waals surface area (Å²) >= 11 is 1.60. The van der Waals surface area contributed by atoms with Crippen LogP contribution < -0.4 is 9.64 Å². The number of thiazole rings is 1. The van der Waals surface area contributed by atoms with Gasteiger partial charge < -0.3 is 14.5 Å². The van der Waals surface area contributed by atoms with Crippen LogP contribution in [0.5, 0.6) is 5.75 Å². The third kappa shape index (κ3) is 3.79. The summed E-state index contributed by atoms with van der Waals surface area (Å²) in [5, 5.41) is 2.94. The zero-order valence-corrected chi connectivity index (χ0v) is 13.6. The predicted molar refractivity (Wildman–Crippen MR) is 87.4 cm³/mol. The Kier molecular flexibility index (Phi) is 4.76. The fraction of sp³-hybridized carbons (Fsp3) is 0.375. The van der Waals surface area contributed by atoms with Gasteiger partial charge in [0.15, 0.2) is 11.2 Å². The topological polar surface area (TPSA) is 45.7 Å². The Morgan fingerprint density at radius 3 is 2.57 bits per heavy atom. The van der Waals surface area contributed by atoms with Gasteiger partial charge in [0.1, 0.15) is 11.6 Å². The molecule has 1 aromatic carbocycles. The van der Waals surface area contributed by atoms with E-state index in [2.05, 4.69) is 9.88 Å². The second-order valence-electron chi connectivity index (χ2n) is 5.34. The molecule has 122 valence electrons. The number of benzene rings is 1. The molecule has 0 aliphatic carbocycles. The van der Waals surface area contributed by atoms with E-state index in [-0.39, 0.29) is 11.7 Å². The number of carbonyl (C=O) groups is 1. The van der Waals surface area contributed by atoms with E-state index >= 15 is 0 Å². The predicted octanol–water partition coefficient (Wildman–Crippen LogP) is 2.40. The normalized spacial score (nSPS) is 16.3. The molecule has 2 aromatic rings. The number of hydrogen-bond acceptors (Lipinski definition) is 5. The van der Waals surface area contributed by atoms with E-state index in [1.54, 1.807) is 29.4 Å². The van der Waals surface area contributed by atoms with Gasteiger partial charge in [0.2, 0.25) is 0 Å². The van der Waals surface area contributed by atoms with Gasteiger partial charge in [0, 0.05) is 37.8 Å². The average Bonchev–Trinajstić information content (AvgIpc) is 3.11. The lowest BCUT2D eigenvalue weighted by molar-refractivity contribution is -0.138. The molecule has 0 bridgehead atoms. The monoisotopic (exact) mass is 335 g/mol. The fourth-order valence-corrected chi connectivity index (χ4v) is 3.21. The number of carbonyl (C=O) groups excluding carboxylic acids is 1. The fourth-order valence-electron chi connectivity index (χ4n) is 2.52. The molecule has 1 fully saturated rings. The smallest absolute Gasteiger partial charge is 0.263 e. The van der Waals surface area contributed by atoms with Gasteiger partial charge in [-0.25, -0.2) is 9.37 Å². The van der Waals surface area contributed by atoms with E-state index in [0.717, 1.165) is 18.2 Å². The van der Waals surface area contributed by atoms with Gasteiger partial charge in [0.05, 0.1) is 0 Å². The molecule has 1 atom stereocenters. The number of ether oxygens (including phenoxy) is 1.